The van der Waals surface area contributed by atoms with E-state index in [1.165, 1.54) is 6.07 Å². The Balaban J connectivity index is 2.14. The van der Waals surface area contributed by atoms with E-state index in [1.54, 1.807) is 48.5 Å². The van der Waals surface area contributed by atoms with Gasteiger partial charge in [-0.15, -0.1) is 0 Å². The Hall–Kier alpha value is -3.97. The van der Waals surface area contributed by atoms with Gasteiger partial charge < -0.3 is 26.4 Å². The summed E-state index contributed by atoms with van der Waals surface area (Å²) in [6.45, 7) is -0.208. The van der Waals surface area contributed by atoms with Gasteiger partial charge in [0.05, 0.1) is 17.5 Å². The van der Waals surface area contributed by atoms with E-state index in [9.17, 15) is 14.7 Å². The molecule has 0 saturated carbocycles. The zero-order valence-electron chi connectivity index (χ0n) is 15.2. The summed E-state index contributed by atoms with van der Waals surface area (Å²) >= 11 is 0. The fourth-order valence-corrected chi connectivity index (χ4v) is 3.43. The van der Waals surface area contributed by atoms with Gasteiger partial charge in [0.15, 0.2) is 5.78 Å². The summed E-state index contributed by atoms with van der Waals surface area (Å²) in [4.78, 5) is 24.0. The van der Waals surface area contributed by atoms with Crippen LogP contribution in [0.15, 0.2) is 59.0 Å². The number of ketones is 1. The number of Topliss-reactive ketones (excluding diaryl/α,β-unsaturated/α-hetero) is 1. The first-order chi connectivity index (χ1) is 13.9. The van der Waals surface area contributed by atoms with Crippen molar-refractivity contribution in [2.45, 2.75) is 0 Å². The summed E-state index contributed by atoms with van der Waals surface area (Å²) in [5.74, 6) is -1.08. The molecular formula is C22H17N3O4. The van der Waals surface area contributed by atoms with Crippen LogP contribution in [0.5, 0.6) is 0 Å². The van der Waals surface area contributed by atoms with Gasteiger partial charge in [0, 0.05) is 39.9 Å². The second-order valence-electron chi connectivity index (χ2n) is 6.64. The number of carboxylic acids is 1. The summed E-state index contributed by atoms with van der Waals surface area (Å²) in [5.41, 5.74) is 14.2. The number of carbonyl (C=O) groups is 2. The SMILES string of the molecule is N=c1ccc2c(-c3ccc(C(=O)CN)cc3C(=O)O)c3ccc(N)cc3oc-2c1. The number of anilines is 1. The normalized spacial score (nSPS) is 11.1. The van der Waals surface area contributed by atoms with Crippen LogP contribution < -0.4 is 16.8 Å². The molecule has 7 heteroatoms. The quantitative estimate of drug-likeness (QED) is 0.241. The fraction of sp³-hybridized carbons (Fsp3) is 0.0455. The molecule has 2 aromatic carbocycles. The standard InChI is InChI=1S/C22H17N3O4/c23-10-18(26)11-1-4-14(17(7-11)22(27)28)21-15-5-2-12(24)8-19(15)29-20-9-13(25)3-6-16(20)21/h1-9,24H,10,23,25H2,(H,27,28). The lowest BCUT2D eigenvalue weighted by molar-refractivity contribution is 0.0697. The van der Waals surface area contributed by atoms with Crippen molar-refractivity contribution in [2.24, 2.45) is 5.73 Å². The molecule has 6 N–H and O–H groups in total. The Bertz CT molecular complexity index is 1320. The third-order valence-corrected chi connectivity index (χ3v) is 4.77. The second-order valence-corrected chi connectivity index (χ2v) is 6.64. The molecule has 0 fully saturated rings. The predicted molar refractivity (Wildman–Crippen MR) is 109 cm³/mol. The summed E-state index contributed by atoms with van der Waals surface area (Å²) in [5, 5.41) is 18.6. The highest BCUT2D eigenvalue weighted by Gasteiger charge is 2.22. The van der Waals surface area contributed by atoms with Crippen LogP contribution in [0.25, 0.3) is 33.4 Å². The highest BCUT2D eigenvalue weighted by atomic mass is 16.4. The molecule has 0 spiro atoms. The van der Waals surface area contributed by atoms with Gasteiger partial charge in [0.2, 0.25) is 0 Å². The highest BCUT2D eigenvalue weighted by molar-refractivity contribution is 6.09. The minimum Gasteiger partial charge on any atom is -0.478 e. The van der Waals surface area contributed by atoms with Crippen LogP contribution in [0.3, 0.4) is 0 Å². The molecule has 0 saturated heterocycles. The number of fused-ring (bicyclic) bond motifs is 2. The first-order valence-corrected chi connectivity index (χ1v) is 8.80. The molecule has 4 rings (SSSR count). The lowest BCUT2D eigenvalue weighted by atomic mass is 9.89. The molecule has 0 bridgehead atoms. The summed E-state index contributed by atoms with van der Waals surface area (Å²) in [7, 11) is 0. The molecule has 2 aliphatic rings. The average molecular weight is 387 g/mol. The largest absolute Gasteiger partial charge is 0.478 e. The van der Waals surface area contributed by atoms with E-state index in [4.69, 9.17) is 21.3 Å². The Morgan fingerprint density at radius 2 is 1.76 bits per heavy atom. The van der Waals surface area contributed by atoms with Gasteiger partial charge in [-0.25, -0.2) is 4.79 Å². The highest BCUT2D eigenvalue weighted by Crippen LogP contribution is 2.41. The van der Waals surface area contributed by atoms with Crippen molar-refractivity contribution in [3.8, 4) is 22.5 Å². The number of hydrogen-bond acceptors (Lipinski definition) is 6. The third-order valence-electron chi connectivity index (χ3n) is 4.77. The molecule has 0 aromatic heterocycles. The van der Waals surface area contributed by atoms with E-state index in [2.05, 4.69) is 0 Å². The minimum absolute atomic E-state index is 0.0233. The lowest BCUT2D eigenvalue weighted by Gasteiger charge is -2.17. The number of carboxylic acid groups (broad SMARTS) is 1. The maximum absolute atomic E-state index is 12.0. The van der Waals surface area contributed by atoms with E-state index in [0.29, 0.717) is 39.1 Å². The van der Waals surface area contributed by atoms with E-state index in [0.717, 1.165) is 0 Å². The molecular weight excluding hydrogens is 370 g/mol. The number of rotatable bonds is 4. The number of carbonyl (C=O) groups excluding carboxylic acids is 1. The Labute approximate surface area is 165 Å². The first-order valence-electron chi connectivity index (χ1n) is 8.80. The number of aromatic carboxylic acids is 1. The van der Waals surface area contributed by atoms with E-state index < -0.39 is 5.97 Å². The van der Waals surface area contributed by atoms with Gasteiger partial charge in [-0.2, -0.15) is 0 Å². The Morgan fingerprint density at radius 1 is 1.00 bits per heavy atom. The van der Waals surface area contributed by atoms with Gasteiger partial charge in [-0.3, -0.25) is 4.79 Å². The molecule has 1 aliphatic heterocycles. The van der Waals surface area contributed by atoms with Crippen molar-refractivity contribution in [3.63, 3.8) is 0 Å². The van der Waals surface area contributed by atoms with Gasteiger partial charge in [-0.1, -0.05) is 12.1 Å². The maximum Gasteiger partial charge on any atom is 0.336 e. The first kappa shape index (κ1) is 18.4. The summed E-state index contributed by atoms with van der Waals surface area (Å²) in [6.07, 6.45) is 0. The number of nitrogen functional groups attached to an aromatic ring is 1. The molecule has 1 aliphatic carbocycles. The van der Waals surface area contributed by atoms with Gasteiger partial charge in [-0.05, 0) is 35.9 Å². The maximum atomic E-state index is 12.0. The number of nitrogens with two attached hydrogens (primary N) is 2. The molecule has 1 heterocycles. The van der Waals surface area contributed by atoms with Crippen molar-refractivity contribution in [2.75, 3.05) is 12.3 Å². The minimum atomic E-state index is -1.17. The topological polar surface area (TPSA) is 143 Å². The van der Waals surface area contributed by atoms with E-state index in [-0.39, 0.29) is 28.8 Å². The summed E-state index contributed by atoms with van der Waals surface area (Å²) < 4.78 is 5.93. The third kappa shape index (κ3) is 3.13. The van der Waals surface area contributed by atoms with Crippen molar-refractivity contribution in [1.82, 2.24) is 0 Å². The number of benzene rings is 3. The molecule has 29 heavy (non-hydrogen) atoms. The zero-order chi connectivity index (χ0) is 20.7. The van der Waals surface area contributed by atoms with Crippen molar-refractivity contribution in [3.05, 3.63) is 71.1 Å². The average Bonchev–Trinajstić information content (AvgIpc) is 2.70. The monoisotopic (exact) mass is 387 g/mol. The van der Waals surface area contributed by atoms with Gasteiger partial charge >= 0.3 is 5.97 Å². The van der Waals surface area contributed by atoms with Crippen molar-refractivity contribution >= 4 is 28.4 Å². The number of nitrogens with one attached hydrogen (secondary N) is 1. The molecule has 0 unspecified atom stereocenters. The Morgan fingerprint density at radius 3 is 2.48 bits per heavy atom. The summed E-state index contributed by atoms with van der Waals surface area (Å²) in [6, 6.07) is 14.5. The molecule has 7 nitrogen and oxygen atoms in total. The van der Waals surface area contributed by atoms with Gasteiger partial charge in [0.1, 0.15) is 11.3 Å². The van der Waals surface area contributed by atoms with Crippen LogP contribution in [0, 0.1) is 5.41 Å². The predicted octanol–water partition coefficient (Wildman–Crippen LogP) is 3.11. The Kier molecular flexibility index (Phi) is 4.37. The van der Waals surface area contributed by atoms with E-state index in [1.807, 2.05) is 0 Å². The molecule has 0 amide bonds. The molecule has 0 atom stereocenters. The molecule has 0 radical (unpaired) electrons. The second kappa shape index (κ2) is 6.88. The van der Waals surface area contributed by atoms with E-state index >= 15 is 0 Å². The van der Waals surface area contributed by atoms with Crippen LogP contribution in [0.4, 0.5) is 5.69 Å². The van der Waals surface area contributed by atoms with Crippen LogP contribution in [0.1, 0.15) is 20.7 Å². The van der Waals surface area contributed by atoms with Crippen LogP contribution in [-0.4, -0.2) is 23.4 Å². The van der Waals surface area contributed by atoms with Gasteiger partial charge in [0.25, 0.3) is 0 Å². The fourth-order valence-electron chi connectivity index (χ4n) is 3.43. The molecule has 144 valence electrons. The zero-order valence-corrected chi connectivity index (χ0v) is 15.2. The van der Waals surface area contributed by atoms with Crippen molar-refractivity contribution in [1.29, 1.82) is 5.41 Å². The molecule has 2 aromatic rings. The van der Waals surface area contributed by atoms with Crippen LogP contribution in [0.2, 0.25) is 0 Å². The van der Waals surface area contributed by atoms with Crippen LogP contribution in [-0.2, 0) is 0 Å². The van der Waals surface area contributed by atoms with Crippen molar-refractivity contribution < 1.29 is 19.1 Å². The van der Waals surface area contributed by atoms with Crippen LogP contribution >= 0.6 is 0 Å². The lowest BCUT2D eigenvalue weighted by Crippen LogP contribution is -2.14. The number of hydrogen-bond donors (Lipinski definition) is 4. The smallest absolute Gasteiger partial charge is 0.336 e.